The molecule has 1 aliphatic heterocycles. The molecule has 0 aromatic heterocycles. The molecule has 2 amide bonds. The molecule has 4 nitrogen and oxygen atoms in total. The fraction of sp³-hybridized carbons (Fsp3) is 0.833. The molecule has 1 heterocycles. The zero-order valence-electron chi connectivity index (χ0n) is 9.39. The Morgan fingerprint density at radius 2 is 1.94 bits per heavy atom. The molecule has 5 atom stereocenters. The van der Waals surface area contributed by atoms with E-state index in [2.05, 4.69) is 0 Å². The highest BCUT2D eigenvalue weighted by Gasteiger charge is 2.57. The van der Waals surface area contributed by atoms with E-state index in [0.717, 1.165) is 19.3 Å². The quantitative estimate of drug-likeness (QED) is 0.532. The van der Waals surface area contributed by atoms with Gasteiger partial charge in [-0.3, -0.25) is 14.5 Å². The maximum absolute atomic E-state index is 12.0. The second kappa shape index (κ2) is 3.29. The summed E-state index contributed by atoms with van der Waals surface area (Å²) < 4.78 is 0. The second-order valence-electron chi connectivity index (χ2n) is 5.40. The summed E-state index contributed by atoms with van der Waals surface area (Å²) in [5.74, 6) is -0.192. The highest BCUT2D eigenvalue weighted by Crippen LogP contribution is 2.52. The van der Waals surface area contributed by atoms with Gasteiger partial charge in [0.15, 0.2) is 0 Å². The number of rotatable bonds is 0. The van der Waals surface area contributed by atoms with Crippen molar-refractivity contribution in [3.8, 4) is 0 Å². The number of hydrogen-bond acceptors (Lipinski definition) is 3. The van der Waals surface area contributed by atoms with Crippen LogP contribution in [0.2, 0.25) is 0 Å². The lowest BCUT2D eigenvalue weighted by Crippen LogP contribution is -2.42. The van der Waals surface area contributed by atoms with Crippen molar-refractivity contribution in [1.82, 2.24) is 4.90 Å². The van der Waals surface area contributed by atoms with E-state index in [1.54, 1.807) is 7.05 Å². The first-order chi connectivity index (χ1) is 7.61. The SMILES string of the molecule is CN1C(=O)[C@@H]2[C@@H](CC3C([O-])CCC[C@@H]32)C1=O. The molecular weight excluding hydrogens is 206 g/mol. The van der Waals surface area contributed by atoms with Crippen LogP contribution in [0, 0.1) is 23.7 Å². The van der Waals surface area contributed by atoms with Gasteiger partial charge in [0.25, 0.3) is 0 Å². The molecule has 0 radical (unpaired) electrons. The number of carbonyl (C=O) groups excluding carboxylic acids is 2. The maximum Gasteiger partial charge on any atom is 0.233 e. The van der Waals surface area contributed by atoms with Crippen molar-refractivity contribution in [1.29, 1.82) is 0 Å². The molecule has 88 valence electrons. The Labute approximate surface area is 94.6 Å². The molecule has 4 heteroatoms. The molecule has 16 heavy (non-hydrogen) atoms. The molecular formula is C12H16NO3-. The molecule has 0 N–H and O–H groups in total. The Morgan fingerprint density at radius 1 is 1.19 bits per heavy atom. The van der Waals surface area contributed by atoms with Crippen LogP contribution >= 0.6 is 0 Å². The Balaban J connectivity index is 1.92. The van der Waals surface area contributed by atoms with E-state index in [1.165, 1.54) is 4.90 Å². The normalized spacial score (nSPS) is 47.1. The monoisotopic (exact) mass is 222 g/mol. The van der Waals surface area contributed by atoms with Crippen molar-refractivity contribution in [3.63, 3.8) is 0 Å². The van der Waals surface area contributed by atoms with Crippen LogP contribution in [0.3, 0.4) is 0 Å². The van der Waals surface area contributed by atoms with Gasteiger partial charge in [0.1, 0.15) is 0 Å². The zero-order chi connectivity index (χ0) is 11.4. The number of nitrogens with zero attached hydrogens (tertiary/aromatic N) is 1. The van der Waals surface area contributed by atoms with Gasteiger partial charge in [0.2, 0.25) is 11.8 Å². The third-order valence-electron chi connectivity index (χ3n) is 4.74. The average Bonchev–Trinajstić information content (AvgIpc) is 2.74. The van der Waals surface area contributed by atoms with Crippen LogP contribution < -0.4 is 5.11 Å². The van der Waals surface area contributed by atoms with E-state index in [0.29, 0.717) is 6.42 Å². The van der Waals surface area contributed by atoms with E-state index in [4.69, 9.17) is 0 Å². The minimum absolute atomic E-state index is 0.0448. The average molecular weight is 222 g/mol. The van der Waals surface area contributed by atoms with Gasteiger partial charge in [-0.1, -0.05) is 12.8 Å². The Kier molecular flexibility index (Phi) is 2.11. The third-order valence-corrected chi connectivity index (χ3v) is 4.74. The molecule has 0 aromatic rings. The van der Waals surface area contributed by atoms with Crippen molar-refractivity contribution >= 4 is 11.8 Å². The molecule has 3 fully saturated rings. The van der Waals surface area contributed by atoms with E-state index in [-0.39, 0.29) is 35.5 Å². The predicted octanol–water partition coefficient (Wildman–Crippen LogP) is -0.234. The lowest BCUT2D eigenvalue weighted by atomic mass is 9.76. The van der Waals surface area contributed by atoms with Gasteiger partial charge in [0, 0.05) is 7.05 Å². The Morgan fingerprint density at radius 3 is 2.69 bits per heavy atom. The molecule has 0 spiro atoms. The topological polar surface area (TPSA) is 60.4 Å². The molecule has 0 aromatic carbocycles. The van der Waals surface area contributed by atoms with Gasteiger partial charge in [0.05, 0.1) is 11.8 Å². The number of carbonyl (C=O) groups is 2. The lowest BCUT2D eigenvalue weighted by Gasteiger charge is -2.39. The van der Waals surface area contributed by atoms with Gasteiger partial charge in [-0.15, -0.1) is 6.10 Å². The summed E-state index contributed by atoms with van der Waals surface area (Å²) in [5, 5.41) is 11.8. The van der Waals surface area contributed by atoms with Crippen LogP contribution in [0.1, 0.15) is 25.7 Å². The van der Waals surface area contributed by atoms with Crippen LogP contribution in [0.25, 0.3) is 0 Å². The lowest BCUT2D eigenvalue weighted by molar-refractivity contribution is -0.440. The largest absolute Gasteiger partial charge is 0.852 e. The Bertz CT molecular complexity index is 354. The number of hydrogen-bond donors (Lipinski definition) is 0. The van der Waals surface area contributed by atoms with Crippen LogP contribution in [0.5, 0.6) is 0 Å². The van der Waals surface area contributed by atoms with Crippen molar-refractivity contribution in [2.24, 2.45) is 23.7 Å². The van der Waals surface area contributed by atoms with Gasteiger partial charge in [-0.25, -0.2) is 0 Å². The fourth-order valence-electron chi connectivity index (χ4n) is 3.96. The molecule has 3 aliphatic rings. The minimum atomic E-state index is -0.546. The first-order valence-electron chi connectivity index (χ1n) is 6.08. The van der Waals surface area contributed by atoms with Crippen molar-refractivity contribution in [2.75, 3.05) is 7.05 Å². The molecule has 2 aliphatic carbocycles. The third kappa shape index (κ3) is 1.14. The Hall–Kier alpha value is -0.900. The van der Waals surface area contributed by atoms with Crippen LogP contribution in [0.15, 0.2) is 0 Å². The van der Waals surface area contributed by atoms with E-state index in [1.807, 2.05) is 0 Å². The van der Waals surface area contributed by atoms with Gasteiger partial charge < -0.3 is 5.11 Å². The summed E-state index contributed by atoms with van der Waals surface area (Å²) in [7, 11) is 1.56. The summed E-state index contributed by atoms with van der Waals surface area (Å²) in [6.45, 7) is 0. The maximum atomic E-state index is 12.0. The zero-order valence-corrected chi connectivity index (χ0v) is 9.39. The highest BCUT2D eigenvalue weighted by atomic mass is 16.3. The van der Waals surface area contributed by atoms with Crippen molar-refractivity contribution < 1.29 is 14.7 Å². The summed E-state index contributed by atoms with van der Waals surface area (Å²) in [5.41, 5.74) is 0. The summed E-state index contributed by atoms with van der Waals surface area (Å²) in [6.07, 6.45) is 2.70. The predicted molar refractivity (Wildman–Crippen MR) is 54.0 cm³/mol. The standard InChI is InChI=1S/C12H16NO3/c1-13-11(15)8-5-7-6(10(8)12(13)16)3-2-4-9(7)14/h6-10H,2-5H2,1H3/q-1/t6-,7?,8+,9?,10-/m0/s1. The van der Waals surface area contributed by atoms with Gasteiger partial charge in [-0.2, -0.15) is 0 Å². The minimum Gasteiger partial charge on any atom is -0.852 e. The van der Waals surface area contributed by atoms with Crippen LogP contribution in [-0.2, 0) is 9.59 Å². The molecule has 1 saturated heterocycles. The molecule has 2 saturated carbocycles. The summed E-state index contributed by atoms with van der Waals surface area (Å²) in [4.78, 5) is 25.1. The molecule has 0 bridgehead atoms. The van der Waals surface area contributed by atoms with Crippen molar-refractivity contribution in [2.45, 2.75) is 31.8 Å². The molecule has 2 unspecified atom stereocenters. The van der Waals surface area contributed by atoms with E-state index in [9.17, 15) is 14.7 Å². The van der Waals surface area contributed by atoms with Gasteiger partial charge >= 0.3 is 0 Å². The molecule has 3 rings (SSSR count). The van der Waals surface area contributed by atoms with E-state index >= 15 is 0 Å². The van der Waals surface area contributed by atoms with Crippen LogP contribution in [-0.4, -0.2) is 29.9 Å². The van der Waals surface area contributed by atoms with E-state index < -0.39 is 6.10 Å². The summed E-state index contributed by atoms with van der Waals surface area (Å²) >= 11 is 0. The first kappa shape index (κ1) is 10.3. The highest BCUT2D eigenvalue weighted by molar-refractivity contribution is 6.05. The number of fused-ring (bicyclic) bond motifs is 3. The number of likely N-dealkylation sites (tertiary alicyclic amines) is 1. The van der Waals surface area contributed by atoms with Gasteiger partial charge in [-0.05, 0) is 24.7 Å². The van der Waals surface area contributed by atoms with Crippen molar-refractivity contribution in [3.05, 3.63) is 0 Å². The fourth-order valence-corrected chi connectivity index (χ4v) is 3.96. The number of imide groups is 1. The van der Waals surface area contributed by atoms with Crippen LogP contribution in [0.4, 0.5) is 0 Å². The number of amides is 2. The smallest absolute Gasteiger partial charge is 0.233 e. The first-order valence-corrected chi connectivity index (χ1v) is 6.08. The summed E-state index contributed by atoms with van der Waals surface area (Å²) in [6, 6.07) is 0. The second-order valence-corrected chi connectivity index (χ2v) is 5.40.